The number of piperidine rings is 1. The van der Waals surface area contributed by atoms with E-state index >= 15 is 0 Å². The predicted octanol–water partition coefficient (Wildman–Crippen LogP) is 3.61. The molecule has 1 heteroatoms. The highest BCUT2D eigenvalue weighted by molar-refractivity contribution is 4.82. The summed E-state index contributed by atoms with van der Waals surface area (Å²) in [5.74, 6) is 1.83. The monoisotopic (exact) mass is 197 g/mol. The molecule has 1 saturated heterocycles. The maximum absolute atomic E-state index is 3.76. The minimum absolute atomic E-state index is 0. The third-order valence-corrected chi connectivity index (χ3v) is 3.36. The summed E-state index contributed by atoms with van der Waals surface area (Å²) in [4.78, 5) is 0. The molecule has 1 nitrogen and oxygen atoms in total. The quantitative estimate of drug-likeness (QED) is 0.633. The van der Waals surface area contributed by atoms with Crippen LogP contribution in [0.15, 0.2) is 12.7 Å². The number of allylic oxidation sites excluding steroid dienone is 1. The molecule has 84 valence electrons. The van der Waals surface area contributed by atoms with Gasteiger partial charge in [-0.25, -0.2) is 0 Å². The van der Waals surface area contributed by atoms with Crippen LogP contribution in [0.3, 0.4) is 0 Å². The lowest BCUT2D eigenvalue weighted by Gasteiger charge is -2.18. The largest absolute Gasteiger partial charge is 0.317 e. The Morgan fingerprint density at radius 2 is 1.71 bits per heavy atom. The Morgan fingerprint density at radius 1 is 1.14 bits per heavy atom. The van der Waals surface area contributed by atoms with E-state index < -0.39 is 0 Å². The van der Waals surface area contributed by atoms with Crippen LogP contribution in [-0.2, 0) is 0 Å². The first-order chi connectivity index (χ1) is 6.83. The molecule has 14 heavy (non-hydrogen) atoms. The van der Waals surface area contributed by atoms with Crippen LogP contribution in [0.5, 0.6) is 0 Å². The van der Waals surface area contributed by atoms with Crippen molar-refractivity contribution in [1.82, 2.24) is 5.32 Å². The number of hydrogen-bond donors (Lipinski definition) is 1. The van der Waals surface area contributed by atoms with Crippen molar-refractivity contribution >= 4 is 0 Å². The number of nitrogens with one attached hydrogen (secondary N) is 1. The average molecular weight is 197 g/mol. The van der Waals surface area contributed by atoms with Gasteiger partial charge in [0, 0.05) is 1.43 Å². The Kier molecular flexibility index (Phi) is 5.93. The van der Waals surface area contributed by atoms with Crippen LogP contribution in [0.4, 0.5) is 0 Å². The van der Waals surface area contributed by atoms with Gasteiger partial charge in [-0.2, -0.15) is 0 Å². The van der Waals surface area contributed by atoms with Crippen molar-refractivity contribution in [2.75, 3.05) is 13.1 Å². The van der Waals surface area contributed by atoms with E-state index in [2.05, 4.69) is 24.9 Å². The molecule has 2 rings (SSSR count). The summed E-state index contributed by atoms with van der Waals surface area (Å²) in [7, 11) is 0. The van der Waals surface area contributed by atoms with Gasteiger partial charge < -0.3 is 5.32 Å². The fourth-order valence-corrected chi connectivity index (χ4v) is 2.21. The second-order valence-corrected chi connectivity index (χ2v) is 4.71. The standard InChI is InChI=1S/C7H13N.C6H12.H2/c1-2-7-3-5-8-6-4-7;1-6-4-2-3-5-6;/h2,7-8H,1,3-6H2;6H,2-5H2,1H3;1H. The fourth-order valence-electron chi connectivity index (χ4n) is 2.21. The molecule has 0 spiro atoms. The second-order valence-electron chi connectivity index (χ2n) is 4.71. The van der Waals surface area contributed by atoms with Crippen LogP contribution in [-0.4, -0.2) is 13.1 Å². The molecule has 0 amide bonds. The number of rotatable bonds is 1. The molecule has 2 aliphatic rings. The third kappa shape index (κ3) is 4.80. The molecule has 1 saturated carbocycles. The summed E-state index contributed by atoms with van der Waals surface area (Å²) in [6, 6.07) is 0. The highest BCUT2D eigenvalue weighted by Crippen LogP contribution is 2.22. The van der Waals surface area contributed by atoms with Gasteiger partial charge >= 0.3 is 0 Å². The molecule has 0 aromatic rings. The molecule has 1 N–H and O–H groups in total. The highest BCUT2D eigenvalue weighted by atomic mass is 14.9. The molecule has 0 unspecified atom stereocenters. The van der Waals surface area contributed by atoms with E-state index in [1.165, 1.54) is 51.6 Å². The van der Waals surface area contributed by atoms with Gasteiger partial charge in [-0.15, -0.1) is 6.58 Å². The average Bonchev–Trinajstić information content (AvgIpc) is 2.71. The van der Waals surface area contributed by atoms with Gasteiger partial charge in [-0.05, 0) is 37.8 Å². The molecular weight excluding hydrogens is 170 g/mol. The molecule has 0 aromatic carbocycles. The van der Waals surface area contributed by atoms with Gasteiger partial charge in [0.2, 0.25) is 0 Å². The van der Waals surface area contributed by atoms with E-state index in [1.807, 2.05) is 0 Å². The Bertz CT molecular complexity index is 147. The summed E-state index contributed by atoms with van der Waals surface area (Å²) >= 11 is 0. The molecular formula is C13H27N. The van der Waals surface area contributed by atoms with Gasteiger partial charge in [0.15, 0.2) is 0 Å². The van der Waals surface area contributed by atoms with Gasteiger partial charge in [-0.3, -0.25) is 0 Å². The third-order valence-electron chi connectivity index (χ3n) is 3.36. The Labute approximate surface area is 90.5 Å². The van der Waals surface area contributed by atoms with Gasteiger partial charge in [0.25, 0.3) is 0 Å². The van der Waals surface area contributed by atoms with Crippen LogP contribution in [0.2, 0.25) is 0 Å². The zero-order valence-corrected chi connectivity index (χ0v) is 9.60. The Morgan fingerprint density at radius 3 is 2.00 bits per heavy atom. The van der Waals surface area contributed by atoms with Crippen LogP contribution in [0.25, 0.3) is 0 Å². The molecule has 0 atom stereocenters. The molecule has 1 heterocycles. The van der Waals surface area contributed by atoms with Crippen molar-refractivity contribution in [3.8, 4) is 0 Å². The van der Waals surface area contributed by atoms with E-state index in [0.29, 0.717) is 0 Å². The SMILES string of the molecule is C=CC1CCNCC1.CC1CCCC1.[HH]. The van der Waals surface area contributed by atoms with Crippen molar-refractivity contribution < 1.29 is 1.43 Å². The van der Waals surface area contributed by atoms with Crippen molar-refractivity contribution in [3.63, 3.8) is 0 Å². The zero-order chi connectivity index (χ0) is 10.2. The molecule has 0 radical (unpaired) electrons. The molecule has 1 aliphatic carbocycles. The van der Waals surface area contributed by atoms with Crippen LogP contribution < -0.4 is 5.32 Å². The highest BCUT2D eigenvalue weighted by Gasteiger charge is 2.07. The first kappa shape index (κ1) is 11.8. The lowest BCUT2D eigenvalue weighted by Crippen LogP contribution is -2.26. The van der Waals surface area contributed by atoms with Crippen LogP contribution in [0, 0.1) is 11.8 Å². The topological polar surface area (TPSA) is 12.0 Å². The summed E-state index contributed by atoms with van der Waals surface area (Å²) in [5, 5.41) is 3.30. The minimum Gasteiger partial charge on any atom is -0.317 e. The Hall–Kier alpha value is -0.300. The lowest BCUT2D eigenvalue weighted by atomic mass is 9.99. The fraction of sp³-hybridized carbons (Fsp3) is 0.846. The molecule has 0 aromatic heterocycles. The molecule has 1 aliphatic heterocycles. The van der Waals surface area contributed by atoms with E-state index in [1.54, 1.807) is 0 Å². The smallest absolute Gasteiger partial charge is 0 e. The van der Waals surface area contributed by atoms with E-state index in [0.717, 1.165) is 11.8 Å². The summed E-state index contributed by atoms with van der Waals surface area (Å²) in [6.45, 7) is 8.45. The van der Waals surface area contributed by atoms with Crippen molar-refractivity contribution in [2.45, 2.75) is 45.4 Å². The van der Waals surface area contributed by atoms with Crippen LogP contribution >= 0.6 is 0 Å². The maximum Gasteiger partial charge on any atom is 0 e. The first-order valence-electron chi connectivity index (χ1n) is 6.16. The molecule has 2 fully saturated rings. The normalized spacial score (nSPS) is 24.1. The molecule has 0 bridgehead atoms. The van der Waals surface area contributed by atoms with Crippen LogP contribution in [0.1, 0.15) is 46.9 Å². The number of hydrogen-bond acceptors (Lipinski definition) is 1. The van der Waals surface area contributed by atoms with Gasteiger partial charge in [0.1, 0.15) is 0 Å². The van der Waals surface area contributed by atoms with Crippen molar-refractivity contribution in [2.24, 2.45) is 11.8 Å². The predicted molar refractivity (Wildman–Crippen MR) is 65.5 cm³/mol. The van der Waals surface area contributed by atoms with Crippen molar-refractivity contribution in [1.29, 1.82) is 0 Å². The van der Waals surface area contributed by atoms with E-state index in [4.69, 9.17) is 0 Å². The summed E-state index contributed by atoms with van der Waals surface area (Å²) < 4.78 is 0. The Balaban J connectivity index is 0.000000253. The summed E-state index contributed by atoms with van der Waals surface area (Å²) in [6.07, 6.45) is 10.6. The maximum atomic E-state index is 3.76. The van der Waals surface area contributed by atoms with Gasteiger partial charge in [-0.1, -0.05) is 38.7 Å². The van der Waals surface area contributed by atoms with E-state index in [9.17, 15) is 0 Å². The minimum atomic E-state index is 0. The summed E-state index contributed by atoms with van der Waals surface area (Å²) in [5.41, 5.74) is 0. The van der Waals surface area contributed by atoms with E-state index in [-0.39, 0.29) is 1.43 Å². The lowest BCUT2D eigenvalue weighted by molar-refractivity contribution is 0.437. The van der Waals surface area contributed by atoms with Crippen molar-refractivity contribution in [3.05, 3.63) is 12.7 Å². The second kappa shape index (κ2) is 7.05. The first-order valence-corrected chi connectivity index (χ1v) is 6.16. The zero-order valence-electron chi connectivity index (χ0n) is 9.60. The van der Waals surface area contributed by atoms with Gasteiger partial charge in [0.05, 0.1) is 0 Å².